The molecule has 0 saturated carbocycles. The summed E-state index contributed by atoms with van der Waals surface area (Å²) in [4.78, 5) is 26.4. The van der Waals surface area contributed by atoms with E-state index in [0.717, 1.165) is 48.8 Å². The molecule has 1 amide bonds. The number of hydrogen-bond donors (Lipinski definition) is 0. The highest BCUT2D eigenvalue weighted by Crippen LogP contribution is 2.36. The molecule has 1 aromatic rings. The normalized spacial score (nSPS) is 24.2. The van der Waals surface area contributed by atoms with Crippen molar-refractivity contribution in [3.63, 3.8) is 0 Å². The number of piperidine rings is 1. The fourth-order valence-corrected chi connectivity index (χ4v) is 3.96. The summed E-state index contributed by atoms with van der Waals surface area (Å²) in [6, 6.07) is 0.523. The molecule has 0 aliphatic carbocycles. The molecule has 1 saturated heterocycles. The first kappa shape index (κ1) is 18.3. The summed E-state index contributed by atoms with van der Waals surface area (Å²) < 4.78 is 5.16. The van der Waals surface area contributed by atoms with Gasteiger partial charge >= 0.3 is 0 Å². The van der Waals surface area contributed by atoms with Gasteiger partial charge in [-0.15, -0.1) is 0 Å². The molecule has 1 aromatic heterocycles. The molecule has 2 aliphatic rings. The van der Waals surface area contributed by atoms with E-state index in [1.807, 2.05) is 6.92 Å². The van der Waals surface area contributed by atoms with Crippen LogP contribution in [0.15, 0.2) is 0 Å². The minimum Gasteiger partial charge on any atom is -0.383 e. The largest absolute Gasteiger partial charge is 0.383 e. The topological polar surface area (TPSA) is 58.6 Å². The average molecular weight is 346 g/mol. The van der Waals surface area contributed by atoms with Crippen LogP contribution in [0.25, 0.3) is 0 Å². The number of aryl methyl sites for hydroxylation is 1. The van der Waals surface area contributed by atoms with Gasteiger partial charge < -0.3 is 4.74 Å². The fourth-order valence-electron chi connectivity index (χ4n) is 3.96. The van der Waals surface area contributed by atoms with E-state index in [9.17, 15) is 4.79 Å². The van der Waals surface area contributed by atoms with Crippen molar-refractivity contribution >= 4 is 11.7 Å². The lowest BCUT2D eigenvalue weighted by Crippen LogP contribution is -2.48. The number of methoxy groups -OCH3 is 1. The molecule has 0 N–H and O–H groups in total. The van der Waals surface area contributed by atoms with Crippen molar-refractivity contribution in [1.29, 1.82) is 0 Å². The van der Waals surface area contributed by atoms with Crippen molar-refractivity contribution in [2.24, 2.45) is 0 Å². The molecule has 0 spiro atoms. The van der Waals surface area contributed by atoms with Gasteiger partial charge in [-0.2, -0.15) is 0 Å². The smallest absolute Gasteiger partial charge is 0.232 e. The number of amides is 1. The number of likely N-dealkylation sites (tertiary alicyclic amines) is 1. The molecule has 25 heavy (non-hydrogen) atoms. The van der Waals surface area contributed by atoms with Gasteiger partial charge in [-0.1, -0.05) is 6.92 Å². The van der Waals surface area contributed by atoms with E-state index in [-0.39, 0.29) is 11.3 Å². The van der Waals surface area contributed by atoms with Crippen molar-refractivity contribution in [3.8, 4) is 0 Å². The van der Waals surface area contributed by atoms with Crippen LogP contribution in [0.4, 0.5) is 5.82 Å². The number of anilines is 1. The van der Waals surface area contributed by atoms with Gasteiger partial charge in [-0.05, 0) is 40.2 Å². The highest BCUT2D eigenvalue weighted by Gasteiger charge is 2.39. The lowest BCUT2D eigenvalue weighted by atomic mass is 9.80. The van der Waals surface area contributed by atoms with Crippen molar-refractivity contribution in [1.82, 2.24) is 14.9 Å². The van der Waals surface area contributed by atoms with E-state index in [0.29, 0.717) is 25.6 Å². The summed E-state index contributed by atoms with van der Waals surface area (Å²) in [6.45, 7) is 11.9. The number of nitrogens with zero attached hydrogens (tertiary/aromatic N) is 4. The molecule has 1 fully saturated rings. The Labute approximate surface area is 150 Å². The molecule has 6 nitrogen and oxygen atoms in total. The SMILES string of the molecule is COCCN1C(=O)Cc2c(C)nc([C@@]3(C)CCCN(C(C)C)C3)nc21. The Hall–Kier alpha value is -1.53. The molecule has 1 atom stereocenters. The summed E-state index contributed by atoms with van der Waals surface area (Å²) >= 11 is 0. The zero-order valence-electron chi connectivity index (χ0n) is 16.1. The van der Waals surface area contributed by atoms with Crippen LogP contribution in [0.1, 0.15) is 50.7 Å². The molecule has 3 rings (SSSR count). The van der Waals surface area contributed by atoms with Crippen molar-refractivity contribution in [2.45, 2.75) is 58.4 Å². The van der Waals surface area contributed by atoms with E-state index in [4.69, 9.17) is 14.7 Å². The van der Waals surface area contributed by atoms with Crippen LogP contribution in [-0.4, -0.2) is 60.2 Å². The molecule has 138 valence electrons. The van der Waals surface area contributed by atoms with Crippen LogP contribution in [-0.2, 0) is 21.4 Å². The predicted molar refractivity (Wildman–Crippen MR) is 98.0 cm³/mol. The van der Waals surface area contributed by atoms with Gasteiger partial charge in [0.2, 0.25) is 5.91 Å². The van der Waals surface area contributed by atoms with E-state index in [1.165, 1.54) is 0 Å². The zero-order chi connectivity index (χ0) is 18.2. The lowest BCUT2D eigenvalue weighted by molar-refractivity contribution is -0.117. The Morgan fingerprint density at radius 2 is 2.08 bits per heavy atom. The van der Waals surface area contributed by atoms with Gasteiger partial charge in [-0.3, -0.25) is 14.6 Å². The summed E-state index contributed by atoms with van der Waals surface area (Å²) in [5.74, 6) is 1.78. The van der Waals surface area contributed by atoms with Gasteiger partial charge in [-0.25, -0.2) is 9.97 Å². The fraction of sp³-hybridized carbons (Fsp3) is 0.737. The molecular formula is C19H30N4O2. The number of hydrogen-bond acceptors (Lipinski definition) is 5. The van der Waals surface area contributed by atoms with Gasteiger partial charge in [0.05, 0.1) is 19.6 Å². The van der Waals surface area contributed by atoms with Crippen LogP contribution in [0, 0.1) is 6.92 Å². The van der Waals surface area contributed by atoms with Gasteiger partial charge in [0.25, 0.3) is 0 Å². The lowest BCUT2D eigenvalue weighted by Gasteiger charge is -2.41. The van der Waals surface area contributed by atoms with Crippen molar-refractivity contribution < 1.29 is 9.53 Å². The van der Waals surface area contributed by atoms with E-state index in [1.54, 1.807) is 12.0 Å². The number of ether oxygens (including phenoxy) is 1. The summed E-state index contributed by atoms with van der Waals surface area (Å²) in [5, 5.41) is 0. The van der Waals surface area contributed by atoms with Crippen LogP contribution in [0.2, 0.25) is 0 Å². The number of fused-ring (bicyclic) bond motifs is 1. The molecule has 0 aromatic carbocycles. The van der Waals surface area contributed by atoms with Gasteiger partial charge in [0.1, 0.15) is 11.6 Å². The first-order chi connectivity index (χ1) is 11.9. The molecular weight excluding hydrogens is 316 g/mol. The maximum atomic E-state index is 12.4. The van der Waals surface area contributed by atoms with E-state index in [2.05, 4.69) is 25.7 Å². The van der Waals surface area contributed by atoms with Crippen LogP contribution in [0.3, 0.4) is 0 Å². The van der Waals surface area contributed by atoms with Gasteiger partial charge in [0.15, 0.2) is 0 Å². The second kappa shape index (κ2) is 7.00. The third-order valence-electron chi connectivity index (χ3n) is 5.59. The predicted octanol–water partition coefficient (Wildman–Crippen LogP) is 2.08. The molecule has 2 aliphatic heterocycles. The second-order valence-electron chi connectivity index (χ2n) is 7.88. The monoisotopic (exact) mass is 346 g/mol. The van der Waals surface area contributed by atoms with Gasteiger partial charge in [0, 0.05) is 36.4 Å². The first-order valence-corrected chi connectivity index (χ1v) is 9.27. The summed E-state index contributed by atoms with van der Waals surface area (Å²) in [5.41, 5.74) is 1.85. The molecule has 6 heteroatoms. The molecule has 0 unspecified atom stereocenters. The number of aromatic nitrogens is 2. The highest BCUT2D eigenvalue weighted by atomic mass is 16.5. The minimum atomic E-state index is -0.0686. The highest BCUT2D eigenvalue weighted by molar-refractivity contribution is 6.00. The second-order valence-corrected chi connectivity index (χ2v) is 7.88. The quantitative estimate of drug-likeness (QED) is 0.817. The van der Waals surface area contributed by atoms with E-state index < -0.39 is 0 Å². The third kappa shape index (κ3) is 3.42. The molecule has 3 heterocycles. The number of rotatable bonds is 5. The Kier molecular flexibility index (Phi) is 5.11. The van der Waals surface area contributed by atoms with E-state index >= 15 is 0 Å². The first-order valence-electron chi connectivity index (χ1n) is 9.27. The molecule has 0 bridgehead atoms. The average Bonchev–Trinajstić information content (AvgIpc) is 2.89. The Morgan fingerprint density at radius 1 is 1.32 bits per heavy atom. The summed E-state index contributed by atoms with van der Waals surface area (Å²) in [6.07, 6.45) is 2.64. The van der Waals surface area contributed by atoms with Crippen molar-refractivity contribution in [3.05, 3.63) is 17.1 Å². The third-order valence-corrected chi connectivity index (χ3v) is 5.59. The molecule has 0 radical (unpaired) electrons. The van der Waals surface area contributed by atoms with Crippen molar-refractivity contribution in [2.75, 3.05) is 38.3 Å². The maximum Gasteiger partial charge on any atom is 0.232 e. The number of carbonyl (C=O) groups is 1. The summed E-state index contributed by atoms with van der Waals surface area (Å²) in [7, 11) is 1.65. The number of carbonyl (C=O) groups excluding carboxylic acids is 1. The van der Waals surface area contributed by atoms with Crippen LogP contribution < -0.4 is 4.90 Å². The standard InChI is InChI=1S/C19H30N4O2/c1-13(2)22-8-6-7-19(4,12-22)18-20-14(3)15-11-16(24)23(9-10-25-5)17(15)21-18/h13H,6-12H2,1-5H3/t19-/m0/s1. The Balaban J connectivity index is 1.95. The van der Waals surface area contributed by atoms with Crippen LogP contribution >= 0.6 is 0 Å². The minimum absolute atomic E-state index is 0.0686. The Morgan fingerprint density at radius 3 is 2.76 bits per heavy atom. The Bertz CT molecular complexity index is 661. The maximum absolute atomic E-state index is 12.4. The zero-order valence-corrected chi connectivity index (χ0v) is 16.1. The van der Waals surface area contributed by atoms with Crippen LogP contribution in [0.5, 0.6) is 0 Å².